The summed E-state index contributed by atoms with van der Waals surface area (Å²) in [5.41, 5.74) is 1.74. The number of halogens is 1. The Hall–Kier alpha value is -1.87. The number of aromatic nitrogens is 1. The van der Waals surface area contributed by atoms with Crippen molar-refractivity contribution in [2.24, 2.45) is 0 Å². The first-order valence-electron chi connectivity index (χ1n) is 7.14. The third-order valence-corrected chi connectivity index (χ3v) is 4.49. The van der Waals surface area contributed by atoms with Crippen molar-refractivity contribution in [3.8, 4) is 0 Å². The molecule has 3 nitrogen and oxygen atoms in total. The lowest BCUT2D eigenvalue weighted by Crippen LogP contribution is -2.48. The average Bonchev–Trinajstić information content (AvgIpc) is 2.47. The molecule has 0 radical (unpaired) electrons. The van der Waals surface area contributed by atoms with E-state index < -0.39 is 0 Å². The quantitative estimate of drug-likeness (QED) is 0.939. The van der Waals surface area contributed by atoms with Gasteiger partial charge in [-0.1, -0.05) is 30.2 Å². The average molecular weight is 301 g/mol. The lowest BCUT2D eigenvalue weighted by Gasteiger charge is -2.40. The first kappa shape index (κ1) is 14.1. The smallest absolute Gasteiger partial charge is 0.230 e. The number of carbonyl (C=O) groups is 1. The van der Waals surface area contributed by atoms with Crippen LogP contribution < -0.4 is 5.32 Å². The third-order valence-electron chi connectivity index (χ3n) is 4.24. The molecule has 4 heteroatoms. The number of nitrogens with one attached hydrogen (secondary N) is 1. The van der Waals surface area contributed by atoms with Gasteiger partial charge in [-0.15, -0.1) is 0 Å². The van der Waals surface area contributed by atoms with Gasteiger partial charge >= 0.3 is 0 Å². The predicted molar refractivity (Wildman–Crippen MR) is 83.1 cm³/mol. The molecule has 1 saturated carbocycles. The van der Waals surface area contributed by atoms with Crippen molar-refractivity contribution < 1.29 is 4.79 Å². The van der Waals surface area contributed by atoms with Crippen molar-refractivity contribution in [1.82, 2.24) is 10.3 Å². The second-order valence-corrected chi connectivity index (χ2v) is 5.92. The van der Waals surface area contributed by atoms with Crippen LogP contribution in [0.3, 0.4) is 0 Å². The molecule has 1 N–H and O–H groups in total. The van der Waals surface area contributed by atoms with Gasteiger partial charge in [0.25, 0.3) is 0 Å². The van der Waals surface area contributed by atoms with Crippen molar-refractivity contribution in [1.29, 1.82) is 0 Å². The van der Waals surface area contributed by atoms with Crippen LogP contribution in [0, 0.1) is 0 Å². The minimum atomic E-state index is -0.377. The topological polar surface area (TPSA) is 42.0 Å². The van der Waals surface area contributed by atoms with Crippen molar-refractivity contribution >= 4 is 17.5 Å². The largest absolute Gasteiger partial charge is 0.351 e. The van der Waals surface area contributed by atoms with Crippen molar-refractivity contribution in [2.75, 3.05) is 0 Å². The second kappa shape index (κ2) is 5.86. The molecule has 0 aliphatic heterocycles. The molecule has 1 amide bonds. The Labute approximate surface area is 129 Å². The number of nitrogens with zero attached hydrogens (tertiary/aromatic N) is 1. The lowest BCUT2D eigenvalue weighted by molar-refractivity contribution is -0.130. The summed E-state index contributed by atoms with van der Waals surface area (Å²) >= 11 is 5.94. The summed E-state index contributed by atoms with van der Waals surface area (Å²) in [4.78, 5) is 16.6. The Kier molecular flexibility index (Phi) is 3.93. The van der Waals surface area contributed by atoms with Gasteiger partial charge in [0.05, 0.1) is 5.41 Å². The minimum absolute atomic E-state index is 0.105. The van der Waals surface area contributed by atoms with Gasteiger partial charge in [0.2, 0.25) is 5.91 Å². The van der Waals surface area contributed by atoms with E-state index in [9.17, 15) is 4.79 Å². The fourth-order valence-electron chi connectivity index (χ4n) is 2.80. The highest BCUT2D eigenvalue weighted by Crippen LogP contribution is 2.44. The summed E-state index contributed by atoms with van der Waals surface area (Å²) in [6.07, 6.45) is 6.36. The van der Waals surface area contributed by atoms with Crippen LogP contribution in [-0.4, -0.2) is 10.9 Å². The summed E-state index contributed by atoms with van der Waals surface area (Å²) in [5.74, 6) is 0.105. The van der Waals surface area contributed by atoms with Gasteiger partial charge in [0.1, 0.15) is 0 Å². The zero-order valence-corrected chi connectivity index (χ0v) is 12.4. The highest BCUT2D eigenvalue weighted by atomic mass is 35.5. The molecule has 1 aliphatic carbocycles. The Balaban J connectivity index is 1.73. The predicted octanol–water partition coefficient (Wildman–Crippen LogP) is 3.47. The number of amides is 1. The van der Waals surface area contributed by atoms with Gasteiger partial charge in [0.15, 0.2) is 0 Å². The number of pyridine rings is 1. The molecule has 0 bridgehead atoms. The van der Waals surface area contributed by atoms with Crippen LogP contribution in [0.15, 0.2) is 48.8 Å². The fraction of sp³-hybridized carbons (Fsp3) is 0.294. The molecule has 1 aliphatic rings. The summed E-state index contributed by atoms with van der Waals surface area (Å²) in [6.45, 7) is 0.538. The van der Waals surface area contributed by atoms with Crippen LogP contribution in [0.5, 0.6) is 0 Å². The lowest BCUT2D eigenvalue weighted by atomic mass is 9.64. The summed E-state index contributed by atoms with van der Waals surface area (Å²) < 4.78 is 0. The molecule has 0 saturated heterocycles. The molecule has 1 aromatic carbocycles. The van der Waals surface area contributed by atoms with Gasteiger partial charge in [-0.3, -0.25) is 9.78 Å². The van der Waals surface area contributed by atoms with Crippen molar-refractivity contribution in [2.45, 2.75) is 31.2 Å². The molecule has 1 aromatic heterocycles. The summed E-state index contributed by atoms with van der Waals surface area (Å²) in [5, 5.41) is 3.75. The van der Waals surface area contributed by atoms with E-state index in [2.05, 4.69) is 10.3 Å². The fourth-order valence-corrected chi connectivity index (χ4v) is 2.92. The highest BCUT2D eigenvalue weighted by molar-refractivity contribution is 6.30. The molecule has 3 rings (SSSR count). The Morgan fingerprint density at radius 3 is 2.38 bits per heavy atom. The monoisotopic (exact) mass is 300 g/mol. The van der Waals surface area contributed by atoms with Crippen LogP contribution in [-0.2, 0) is 16.8 Å². The van der Waals surface area contributed by atoms with E-state index in [0.717, 1.165) is 30.4 Å². The molecule has 0 atom stereocenters. The van der Waals surface area contributed by atoms with E-state index in [1.807, 2.05) is 36.4 Å². The maximum absolute atomic E-state index is 12.6. The molecule has 0 spiro atoms. The first-order chi connectivity index (χ1) is 10.2. The number of benzene rings is 1. The summed E-state index contributed by atoms with van der Waals surface area (Å²) in [7, 11) is 0. The first-order valence-corrected chi connectivity index (χ1v) is 7.52. The van der Waals surface area contributed by atoms with Crippen LogP contribution in [0.25, 0.3) is 0 Å². The second-order valence-electron chi connectivity index (χ2n) is 5.48. The van der Waals surface area contributed by atoms with Gasteiger partial charge in [-0.25, -0.2) is 0 Å². The van der Waals surface area contributed by atoms with Crippen molar-refractivity contribution in [3.63, 3.8) is 0 Å². The van der Waals surface area contributed by atoms with E-state index in [1.165, 1.54) is 0 Å². The van der Waals surface area contributed by atoms with E-state index in [4.69, 9.17) is 11.6 Å². The maximum Gasteiger partial charge on any atom is 0.230 e. The Bertz CT molecular complexity index is 621. The zero-order chi connectivity index (χ0) is 14.7. The van der Waals surface area contributed by atoms with E-state index >= 15 is 0 Å². The molecule has 1 heterocycles. The number of rotatable bonds is 4. The zero-order valence-electron chi connectivity index (χ0n) is 11.7. The van der Waals surface area contributed by atoms with Gasteiger partial charge in [-0.2, -0.15) is 0 Å². The molecular formula is C17H17ClN2O. The maximum atomic E-state index is 12.6. The van der Waals surface area contributed by atoms with Crippen LogP contribution in [0.2, 0.25) is 5.02 Å². The minimum Gasteiger partial charge on any atom is -0.351 e. The van der Waals surface area contributed by atoms with Crippen LogP contribution in [0.1, 0.15) is 30.4 Å². The highest BCUT2D eigenvalue weighted by Gasteiger charge is 2.45. The van der Waals surface area contributed by atoms with Crippen LogP contribution >= 0.6 is 11.6 Å². The third kappa shape index (κ3) is 2.79. The molecule has 0 unspecified atom stereocenters. The molecule has 1 fully saturated rings. The van der Waals surface area contributed by atoms with E-state index in [1.54, 1.807) is 12.4 Å². The van der Waals surface area contributed by atoms with Gasteiger partial charge in [0, 0.05) is 24.0 Å². The molecule has 108 valence electrons. The molecule has 2 aromatic rings. The van der Waals surface area contributed by atoms with E-state index in [-0.39, 0.29) is 11.3 Å². The van der Waals surface area contributed by atoms with Crippen molar-refractivity contribution in [3.05, 3.63) is 64.9 Å². The number of hydrogen-bond donors (Lipinski definition) is 1. The molecule has 21 heavy (non-hydrogen) atoms. The normalized spacial score (nSPS) is 16.0. The Morgan fingerprint density at radius 1 is 1.14 bits per heavy atom. The van der Waals surface area contributed by atoms with Gasteiger partial charge < -0.3 is 5.32 Å². The van der Waals surface area contributed by atoms with Gasteiger partial charge in [-0.05, 0) is 48.2 Å². The molecular weight excluding hydrogens is 284 g/mol. The SMILES string of the molecule is O=C(NCc1ccncc1)C1(c2ccc(Cl)cc2)CCC1. The van der Waals surface area contributed by atoms with Crippen LogP contribution in [0.4, 0.5) is 0 Å². The summed E-state index contributed by atoms with van der Waals surface area (Å²) in [6, 6.07) is 11.5. The number of carbonyl (C=O) groups excluding carboxylic acids is 1. The standard InChI is InChI=1S/C17H17ClN2O/c18-15-4-2-14(3-5-15)17(8-1-9-17)16(21)20-12-13-6-10-19-11-7-13/h2-7,10-11H,1,8-9,12H2,(H,20,21). The van der Waals surface area contributed by atoms with E-state index in [0.29, 0.717) is 11.6 Å². The number of hydrogen-bond acceptors (Lipinski definition) is 2. The Morgan fingerprint density at radius 2 is 1.81 bits per heavy atom.